The van der Waals surface area contributed by atoms with E-state index < -0.39 is 24.7 Å². The number of hydrogen-bond acceptors (Lipinski definition) is 9. The fourth-order valence-corrected chi connectivity index (χ4v) is 4.79. The molecule has 0 radical (unpaired) electrons. The molecule has 4 heterocycles. The quantitative estimate of drug-likeness (QED) is 0.389. The molecule has 1 saturated carbocycles. The molecule has 5 rings (SSSR count). The van der Waals surface area contributed by atoms with Crippen molar-refractivity contribution in [2.75, 3.05) is 19.5 Å². The van der Waals surface area contributed by atoms with Gasteiger partial charge < -0.3 is 20.1 Å². The number of alkyl carbamates (subject to hydrolysis) is 1. The SMILES string of the molecule is [2H]C([2H])([2H])n1c(=O)n([C@@H]2CC[C@@H](NC(=O)OC)C2)c2cc(Nc3cc(C(=O)OC)c4nccc(C)c4n3)ncc21. The Morgan fingerprint density at radius 1 is 1.11 bits per heavy atom. The van der Waals surface area contributed by atoms with E-state index in [9.17, 15) is 14.4 Å². The summed E-state index contributed by atoms with van der Waals surface area (Å²) in [7, 11) is 2.55. The summed E-state index contributed by atoms with van der Waals surface area (Å²) < 4.78 is 35.7. The molecular formula is C25H27N7O5. The van der Waals surface area contributed by atoms with E-state index in [2.05, 4.69) is 30.3 Å². The molecule has 1 fully saturated rings. The predicted octanol–water partition coefficient (Wildman–Crippen LogP) is 2.97. The Balaban J connectivity index is 1.59. The second kappa shape index (κ2) is 9.52. The number of amides is 1. The number of nitrogens with one attached hydrogen (secondary N) is 2. The summed E-state index contributed by atoms with van der Waals surface area (Å²) in [6.07, 6.45) is 3.88. The summed E-state index contributed by atoms with van der Waals surface area (Å²) in [6.45, 7) is -0.897. The van der Waals surface area contributed by atoms with Crippen molar-refractivity contribution in [2.24, 2.45) is 6.98 Å². The Morgan fingerprint density at radius 2 is 1.95 bits per heavy atom. The van der Waals surface area contributed by atoms with Crippen molar-refractivity contribution in [3.8, 4) is 0 Å². The van der Waals surface area contributed by atoms with Gasteiger partial charge in [0.15, 0.2) is 0 Å². The molecule has 2 N–H and O–H groups in total. The second-order valence-electron chi connectivity index (χ2n) is 8.84. The molecule has 0 aliphatic heterocycles. The first kappa shape index (κ1) is 20.7. The lowest BCUT2D eigenvalue weighted by Gasteiger charge is -2.14. The van der Waals surface area contributed by atoms with E-state index in [1.54, 1.807) is 18.3 Å². The zero-order valence-electron chi connectivity index (χ0n) is 23.4. The standard InChI is InChI=1S/C25H27N7O5/c1-13-7-8-26-22-16(23(33)36-3)10-20(30-21(13)22)29-19-11-17-18(12-27-19)31(2)25(35)32(17)15-6-5-14(9-15)28-24(34)37-4/h7-8,10-12,14-15H,5-6,9H2,1-4H3,(H,28,34)(H,27,29,30)/t14-,15-/m1/s1/i2D3. The van der Waals surface area contributed by atoms with Crippen LogP contribution in [0.15, 0.2) is 35.4 Å². The molecule has 192 valence electrons. The van der Waals surface area contributed by atoms with Gasteiger partial charge in [-0.1, -0.05) is 0 Å². The largest absolute Gasteiger partial charge is 0.465 e. The lowest BCUT2D eigenvalue weighted by molar-refractivity contribution is 0.0602. The van der Waals surface area contributed by atoms with Crippen molar-refractivity contribution in [1.82, 2.24) is 29.4 Å². The zero-order chi connectivity index (χ0) is 28.8. The molecule has 12 heteroatoms. The molecule has 0 aromatic carbocycles. The molecule has 0 spiro atoms. The summed E-state index contributed by atoms with van der Waals surface area (Å²) in [4.78, 5) is 50.9. The Kier molecular flexibility index (Phi) is 5.33. The number of carbonyl (C=O) groups excluding carboxylic acids is 2. The van der Waals surface area contributed by atoms with Gasteiger partial charge in [-0.05, 0) is 43.9 Å². The topological polar surface area (TPSA) is 142 Å². The van der Waals surface area contributed by atoms with Crippen molar-refractivity contribution in [3.05, 3.63) is 52.2 Å². The van der Waals surface area contributed by atoms with E-state index >= 15 is 0 Å². The molecule has 1 aliphatic rings. The summed E-state index contributed by atoms with van der Waals surface area (Å²) >= 11 is 0. The first-order valence-electron chi connectivity index (χ1n) is 13.1. The normalized spacial score (nSPS) is 18.7. The van der Waals surface area contributed by atoms with Crippen LogP contribution in [0.5, 0.6) is 0 Å². The number of rotatable bonds is 5. The van der Waals surface area contributed by atoms with E-state index in [0.29, 0.717) is 35.8 Å². The molecule has 4 aromatic heterocycles. The molecule has 37 heavy (non-hydrogen) atoms. The van der Waals surface area contributed by atoms with E-state index in [1.165, 1.54) is 31.0 Å². The van der Waals surface area contributed by atoms with Crippen LogP contribution in [0, 0.1) is 6.92 Å². The van der Waals surface area contributed by atoms with Gasteiger partial charge in [0, 0.05) is 35.4 Å². The Labute approximate surface area is 215 Å². The van der Waals surface area contributed by atoms with E-state index in [-0.39, 0.29) is 34.8 Å². The van der Waals surface area contributed by atoms with Crippen LogP contribution in [0.2, 0.25) is 0 Å². The number of nitrogens with zero attached hydrogens (tertiary/aromatic N) is 5. The molecule has 4 aromatic rings. The molecule has 12 nitrogen and oxygen atoms in total. The maximum Gasteiger partial charge on any atom is 0.407 e. The van der Waals surface area contributed by atoms with Gasteiger partial charge in [-0.25, -0.2) is 24.4 Å². The van der Waals surface area contributed by atoms with Crippen LogP contribution in [0.4, 0.5) is 16.4 Å². The number of esters is 1. The third kappa shape index (κ3) is 4.34. The number of ether oxygens (including phenoxy) is 2. The van der Waals surface area contributed by atoms with Crippen LogP contribution in [0.3, 0.4) is 0 Å². The van der Waals surface area contributed by atoms with Crippen LogP contribution in [-0.4, -0.2) is 56.4 Å². The monoisotopic (exact) mass is 508 g/mol. The van der Waals surface area contributed by atoms with Gasteiger partial charge in [-0.2, -0.15) is 0 Å². The number of aryl methyl sites for hydroxylation is 2. The highest BCUT2D eigenvalue weighted by Crippen LogP contribution is 2.32. The van der Waals surface area contributed by atoms with Gasteiger partial charge in [0.05, 0.1) is 42.5 Å². The maximum atomic E-state index is 13.4. The first-order valence-corrected chi connectivity index (χ1v) is 11.6. The summed E-state index contributed by atoms with van der Waals surface area (Å²) in [5.74, 6) is -0.0319. The van der Waals surface area contributed by atoms with Crippen molar-refractivity contribution >= 4 is 45.8 Å². The molecule has 1 amide bonds. The van der Waals surface area contributed by atoms with Crippen molar-refractivity contribution in [1.29, 1.82) is 0 Å². The van der Waals surface area contributed by atoms with Gasteiger partial charge in [-0.15, -0.1) is 0 Å². The number of aromatic nitrogens is 5. The van der Waals surface area contributed by atoms with Crippen LogP contribution >= 0.6 is 0 Å². The average molecular weight is 509 g/mol. The average Bonchev–Trinajstić information content (AvgIpc) is 3.48. The van der Waals surface area contributed by atoms with Gasteiger partial charge in [0.2, 0.25) is 0 Å². The van der Waals surface area contributed by atoms with Crippen molar-refractivity contribution < 1.29 is 23.2 Å². The molecular weight excluding hydrogens is 478 g/mol. The van der Waals surface area contributed by atoms with Crippen molar-refractivity contribution in [2.45, 2.75) is 38.3 Å². The number of hydrogen-bond donors (Lipinski definition) is 2. The number of anilines is 2. The summed E-state index contributed by atoms with van der Waals surface area (Å²) in [5.41, 5.74) is 1.69. The third-order valence-electron chi connectivity index (χ3n) is 6.59. The smallest absolute Gasteiger partial charge is 0.407 e. The first-order chi connectivity index (χ1) is 19.0. The van der Waals surface area contributed by atoms with Crippen LogP contribution in [0.25, 0.3) is 22.1 Å². The lowest BCUT2D eigenvalue weighted by Crippen LogP contribution is -2.33. The molecule has 0 saturated heterocycles. The van der Waals surface area contributed by atoms with Gasteiger partial charge in [-0.3, -0.25) is 14.1 Å². The molecule has 0 unspecified atom stereocenters. The number of methoxy groups -OCH3 is 2. The number of carbonyl (C=O) groups is 2. The van der Waals surface area contributed by atoms with Gasteiger partial charge in [0.25, 0.3) is 0 Å². The van der Waals surface area contributed by atoms with E-state index in [1.807, 2.05) is 6.92 Å². The summed E-state index contributed by atoms with van der Waals surface area (Å²) in [5, 5.41) is 5.81. The fourth-order valence-electron chi connectivity index (χ4n) is 4.79. The number of fused-ring (bicyclic) bond motifs is 2. The Morgan fingerprint density at radius 3 is 2.70 bits per heavy atom. The Hall–Kier alpha value is -4.48. The highest BCUT2D eigenvalue weighted by Gasteiger charge is 2.30. The maximum absolute atomic E-state index is 13.4. The highest BCUT2D eigenvalue weighted by atomic mass is 16.5. The predicted molar refractivity (Wildman–Crippen MR) is 136 cm³/mol. The second-order valence-corrected chi connectivity index (χ2v) is 8.84. The van der Waals surface area contributed by atoms with E-state index in [4.69, 9.17) is 8.85 Å². The van der Waals surface area contributed by atoms with Gasteiger partial charge in [0.1, 0.15) is 17.2 Å². The lowest BCUT2D eigenvalue weighted by atomic mass is 10.1. The highest BCUT2D eigenvalue weighted by molar-refractivity contribution is 6.03. The van der Waals surface area contributed by atoms with Crippen LogP contribution in [0.1, 0.15) is 45.3 Å². The van der Waals surface area contributed by atoms with Crippen LogP contribution < -0.4 is 16.3 Å². The zero-order valence-corrected chi connectivity index (χ0v) is 20.4. The van der Waals surface area contributed by atoms with Gasteiger partial charge >= 0.3 is 17.8 Å². The Bertz CT molecular complexity index is 1700. The number of pyridine rings is 3. The minimum absolute atomic E-state index is 0.140. The van der Waals surface area contributed by atoms with Crippen LogP contribution in [-0.2, 0) is 16.4 Å². The molecule has 1 aliphatic carbocycles. The third-order valence-corrected chi connectivity index (χ3v) is 6.59. The van der Waals surface area contributed by atoms with E-state index in [0.717, 1.165) is 10.1 Å². The molecule has 2 atom stereocenters. The fraction of sp³-hybridized carbons (Fsp3) is 0.360. The number of imidazole rings is 1. The minimum Gasteiger partial charge on any atom is -0.465 e. The summed E-state index contributed by atoms with van der Waals surface area (Å²) in [6, 6.07) is 4.23. The minimum atomic E-state index is -2.74. The molecule has 0 bridgehead atoms. The van der Waals surface area contributed by atoms with Crippen molar-refractivity contribution in [3.63, 3.8) is 0 Å².